The summed E-state index contributed by atoms with van der Waals surface area (Å²) in [4.78, 5) is 7.63. The van der Waals surface area contributed by atoms with Crippen LogP contribution in [0.1, 0.15) is 12.8 Å². The molecule has 0 aliphatic carbocycles. The van der Waals surface area contributed by atoms with Crippen LogP contribution in [0.25, 0.3) is 21.8 Å². The van der Waals surface area contributed by atoms with Crippen molar-refractivity contribution < 1.29 is 5.11 Å². The molecule has 1 aromatic heterocycles. The first-order valence-electron chi connectivity index (χ1n) is 11.6. The summed E-state index contributed by atoms with van der Waals surface area (Å²) in [5.74, 6) is 0. The number of nitrogens with zero attached hydrogens (tertiary/aromatic N) is 4. The van der Waals surface area contributed by atoms with E-state index in [4.69, 9.17) is 0 Å². The fraction of sp³-hybridized carbons (Fsp3) is 0.520. The zero-order valence-corrected chi connectivity index (χ0v) is 17.9. The molecule has 1 N–H and O–H groups in total. The average Bonchev–Trinajstić information content (AvgIpc) is 3.41. The Bertz CT molecular complexity index is 916. The number of β-amino-alcohol motifs (C(OH)–C–C–N with tert-alkyl or cyclic N) is 1. The molecule has 0 amide bonds. The van der Waals surface area contributed by atoms with E-state index >= 15 is 0 Å². The van der Waals surface area contributed by atoms with Crippen molar-refractivity contribution in [3.63, 3.8) is 0 Å². The molecule has 0 bridgehead atoms. The third-order valence-corrected chi connectivity index (χ3v) is 6.94. The molecule has 0 saturated carbocycles. The van der Waals surface area contributed by atoms with Crippen LogP contribution in [0.3, 0.4) is 0 Å². The molecule has 30 heavy (non-hydrogen) atoms. The Balaban J connectivity index is 1.17. The fourth-order valence-corrected chi connectivity index (χ4v) is 5.25. The topological polar surface area (TPSA) is 34.9 Å². The molecular formula is C25H34N4O. The molecule has 3 aromatic rings. The second-order valence-electron chi connectivity index (χ2n) is 8.99. The molecule has 5 heteroatoms. The molecule has 2 aromatic carbocycles. The lowest BCUT2D eigenvalue weighted by molar-refractivity contribution is 0.0630. The van der Waals surface area contributed by atoms with Crippen molar-refractivity contribution in [1.82, 2.24) is 19.3 Å². The number of aliphatic hydroxyl groups is 1. The summed E-state index contributed by atoms with van der Waals surface area (Å²) in [7, 11) is 0. The van der Waals surface area contributed by atoms with E-state index in [0.29, 0.717) is 6.54 Å². The SMILES string of the molecule is O[C@@H](CN1CCN(CCN2CCCC2)CC1)Cn1c2ccccc2c2ccccc21. The Labute approximate surface area is 179 Å². The molecule has 2 fully saturated rings. The van der Waals surface area contributed by atoms with Gasteiger partial charge in [0.15, 0.2) is 0 Å². The standard InChI is InChI=1S/C25H34N4O/c30-21(19-28-17-15-27(16-18-28)14-13-26-11-5-6-12-26)20-29-24-9-3-1-7-22(24)23-8-2-4-10-25(23)29/h1-4,7-10,21,30H,5-6,11-20H2/t21-/m0/s1. The largest absolute Gasteiger partial charge is 0.390 e. The van der Waals surface area contributed by atoms with Gasteiger partial charge in [-0.25, -0.2) is 0 Å². The Morgan fingerprint density at radius 2 is 1.13 bits per heavy atom. The van der Waals surface area contributed by atoms with Crippen LogP contribution in [0.2, 0.25) is 0 Å². The van der Waals surface area contributed by atoms with Crippen molar-refractivity contribution in [2.75, 3.05) is 58.9 Å². The van der Waals surface area contributed by atoms with Gasteiger partial charge >= 0.3 is 0 Å². The molecule has 160 valence electrons. The first kappa shape index (κ1) is 20.0. The van der Waals surface area contributed by atoms with Crippen LogP contribution < -0.4 is 0 Å². The molecule has 5 nitrogen and oxygen atoms in total. The van der Waals surface area contributed by atoms with Gasteiger partial charge in [-0.2, -0.15) is 0 Å². The predicted molar refractivity (Wildman–Crippen MR) is 124 cm³/mol. The molecule has 0 spiro atoms. The van der Waals surface area contributed by atoms with Gasteiger partial charge in [-0.05, 0) is 38.1 Å². The molecule has 2 aliphatic heterocycles. The number of hydrogen-bond acceptors (Lipinski definition) is 4. The van der Waals surface area contributed by atoms with E-state index in [-0.39, 0.29) is 6.10 Å². The smallest absolute Gasteiger partial charge is 0.0845 e. The van der Waals surface area contributed by atoms with Crippen LogP contribution >= 0.6 is 0 Å². The van der Waals surface area contributed by atoms with Crippen molar-refractivity contribution >= 4 is 21.8 Å². The lowest BCUT2D eigenvalue weighted by atomic mass is 10.2. The number of aliphatic hydroxyl groups excluding tert-OH is 1. The maximum Gasteiger partial charge on any atom is 0.0845 e. The van der Waals surface area contributed by atoms with E-state index < -0.39 is 0 Å². The number of aromatic nitrogens is 1. The van der Waals surface area contributed by atoms with Crippen LogP contribution in [0, 0.1) is 0 Å². The molecule has 5 rings (SSSR count). The van der Waals surface area contributed by atoms with Crippen molar-refractivity contribution in [3.8, 4) is 0 Å². The molecule has 0 radical (unpaired) electrons. The van der Waals surface area contributed by atoms with Gasteiger partial charge in [-0.1, -0.05) is 36.4 Å². The second-order valence-corrected chi connectivity index (χ2v) is 8.99. The highest BCUT2D eigenvalue weighted by atomic mass is 16.3. The molecule has 2 aliphatic rings. The summed E-state index contributed by atoms with van der Waals surface area (Å²) < 4.78 is 2.29. The van der Waals surface area contributed by atoms with Crippen molar-refractivity contribution in [2.45, 2.75) is 25.5 Å². The van der Waals surface area contributed by atoms with Crippen LogP contribution in [0.5, 0.6) is 0 Å². The van der Waals surface area contributed by atoms with Gasteiger partial charge in [0.25, 0.3) is 0 Å². The molecule has 1 atom stereocenters. The van der Waals surface area contributed by atoms with Gasteiger partial charge < -0.3 is 14.6 Å². The number of rotatable bonds is 7. The number of para-hydroxylation sites is 2. The minimum absolute atomic E-state index is 0.361. The molecule has 3 heterocycles. The van der Waals surface area contributed by atoms with Gasteiger partial charge in [0.2, 0.25) is 0 Å². The third kappa shape index (κ3) is 4.26. The van der Waals surface area contributed by atoms with Crippen molar-refractivity contribution in [3.05, 3.63) is 48.5 Å². The summed E-state index contributed by atoms with van der Waals surface area (Å²) >= 11 is 0. The minimum Gasteiger partial charge on any atom is -0.390 e. The zero-order valence-electron chi connectivity index (χ0n) is 17.9. The highest BCUT2D eigenvalue weighted by Crippen LogP contribution is 2.28. The monoisotopic (exact) mass is 406 g/mol. The summed E-state index contributed by atoms with van der Waals surface area (Å²) in [6, 6.07) is 17.1. The second kappa shape index (κ2) is 9.06. The summed E-state index contributed by atoms with van der Waals surface area (Å²) in [6.45, 7) is 10.7. The highest BCUT2D eigenvalue weighted by molar-refractivity contribution is 6.07. The van der Waals surface area contributed by atoms with E-state index in [2.05, 4.69) is 67.8 Å². The van der Waals surface area contributed by atoms with Crippen LogP contribution in [-0.4, -0.2) is 89.4 Å². The van der Waals surface area contributed by atoms with Crippen molar-refractivity contribution in [1.29, 1.82) is 0 Å². The highest BCUT2D eigenvalue weighted by Gasteiger charge is 2.21. The Morgan fingerprint density at radius 3 is 1.73 bits per heavy atom. The van der Waals surface area contributed by atoms with Gasteiger partial charge in [-0.15, -0.1) is 0 Å². The number of hydrogen-bond donors (Lipinski definition) is 1. The van der Waals surface area contributed by atoms with Gasteiger partial charge in [0.05, 0.1) is 12.6 Å². The predicted octanol–water partition coefficient (Wildman–Crippen LogP) is 2.87. The van der Waals surface area contributed by atoms with E-state index in [9.17, 15) is 5.11 Å². The number of likely N-dealkylation sites (tertiary alicyclic amines) is 1. The number of benzene rings is 2. The normalized spacial score (nSPS) is 20.4. The van der Waals surface area contributed by atoms with Gasteiger partial charge in [0, 0.05) is 67.6 Å². The molecule has 0 unspecified atom stereocenters. The molecule has 2 saturated heterocycles. The Hall–Kier alpha value is -1.92. The average molecular weight is 407 g/mol. The first-order chi connectivity index (χ1) is 14.8. The number of fused-ring (bicyclic) bond motifs is 3. The first-order valence-corrected chi connectivity index (χ1v) is 11.6. The third-order valence-electron chi connectivity index (χ3n) is 6.94. The van der Waals surface area contributed by atoms with Crippen molar-refractivity contribution in [2.24, 2.45) is 0 Å². The number of piperazine rings is 1. The summed E-state index contributed by atoms with van der Waals surface area (Å²) in [6.07, 6.45) is 2.38. The summed E-state index contributed by atoms with van der Waals surface area (Å²) in [5, 5.41) is 13.5. The quantitative estimate of drug-likeness (QED) is 0.654. The van der Waals surface area contributed by atoms with E-state index in [1.54, 1.807) is 0 Å². The molecular weight excluding hydrogens is 372 g/mol. The Morgan fingerprint density at radius 1 is 0.633 bits per heavy atom. The summed E-state index contributed by atoms with van der Waals surface area (Å²) in [5.41, 5.74) is 2.42. The van der Waals surface area contributed by atoms with E-state index in [1.165, 1.54) is 60.8 Å². The van der Waals surface area contributed by atoms with Gasteiger partial charge in [0.1, 0.15) is 0 Å². The fourth-order valence-electron chi connectivity index (χ4n) is 5.25. The van der Waals surface area contributed by atoms with Crippen LogP contribution in [0.15, 0.2) is 48.5 Å². The zero-order chi connectivity index (χ0) is 20.3. The lowest BCUT2D eigenvalue weighted by Gasteiger charge is -2.36. The maximum atomic E-state index is 10.9. The Kier molecular flexibility index (Phi) is 6.05. The maximum absolute atomic E-state index is 10.9. The van der Waals surface area contributed by atoms with Gasteiger partial charge in [-0.3, -0.25) is 9.80 Å². The van der Waals surface area contributed by atoms with E-state index in [1.807, 2.05) is 0 Å². The van der Waals surface area contributed by atoms with Crippen LogP contribution in [0.4, 0.5) is 0 Å². The van der Waals surface area contributed by atoms with Crippen LogP contribution in [-0.2, 0) is 6.54 Å². The van der Waals surface area contributed by atoms with E-state index in [0.717, 1.165) is 32.7 Å². The minimum atomic E-state index is -0.361. The lowest BCUT2D eigenvalue weighted by Crippen LogP contribution is -2.50.